The second-order valence-corrected chi connectivity index (χ2v) is 7.69. The highest BCUT2D eigenvalue weighted by molar-refractivity contribution is 5.80. The van der Waals surface area contributed by atoms with Crippen molar-refractivity contribution in [3.05, 3.63) is 69.8 Å². The van der Waals surface area contributed by atoms with Gasteiger partial charge in [-0.05, 0) is 50.8 Å². The van der Waals surface area contributed by atoms with Gasteiger partial charge in [0.1, 0.15) is 11.3 Å². The van der Waals surface area contributed by atoms with E-state index in [1.165, 1.54) is 6.07 Å². The van der Waals surface area contributed by atoms with Gasteiger partial charge in [0.05, 0.1) is 20.3 Å². The summed E-state index contributed by atoms with van der Waals surface area (Å²) in [4.78, 5) is 11.6. The summed E-state index contributed by atoms with van der Waals surface area (Å²) in [6, 6.07) is 6.50. The summed E-state index contributed by atoms with van der Waals surface area (Å²) in [5, 5.41) is 19.1. The van der Waals surface area contributed by atoms with Crippen molar-refractivity contribution in [1.29, 1.82) is 0 Å². The molecule has 1 unspecified atom stereocenters. The first kappa shape index (κ1) is 24.4. The highest BCUT2D eigenvalue weighted by Gasteiger charge is 2.13. The molecule has 2 rings (SSSR count). The van der Waals surface area contributed by atoms with Gasteiger partial charge in [-0.1, -0.05) is 30.2 Å². The Morgan fingerprint density at radius 2 is 1.90 bits per heavy atom. The predicted octanol–water partition coefficient (Wildman–Crippen LogP) is 4.75. The van der Waals surface area contributed by atoms with Gasteiger partial charge in [-0.25, -0.2) is 4.79 Å². The second-order valence-electron chi connectivity index (χ2n) is 7.69. The second kappa shape index (κ2) is 12.1. The van der Waals surface area contributed by atoms with Gasteiger partial charge in [-0.15, -0.1) is 0 Å². The summed E-state index contributed by atoms with van der Waals surface area (Å²) in [5.41, 5.74) is 2.00. The molecule has 0 aliphatic heterocycles. The number of methoxy groups -OCH3 is 1. The zero-order valence-electron chi connectivity index (χ0n) is 18.7. The molecule has 0 aliphatic rings. The van der Waals surface area contributed by atoms with Crippen LogP contribution in [-0.4, -0.2) is 30.5 Å². The van der Waals surface area contributed by atoms with E-state index in [2.05, 4.69) is 13.0 Å². The number of fused-ring (bicyclic) bond motifs is 1. The number of aliphatic hydroxyl groups excluding tert-OH is 2. The number of allylic oxidation sites excluding steroid dienone is 4. The molecule has 6 nitrogen and oxygen atoms in total. The van der Waals surface area contributed by atoms with Crippen molar-refractivity contribution < 1.29 is 24.1 Å². The topological polar surface area (TPSA) is 89.1 Å². The van der Waals surface area contributed by atoms with Gasteiger partial charge < -0.3 is 24.1 Å². The van der Waals surface area contributed by atoms with Crippen LogP contribution in [0.1, 0.15) is 40.0 Å². The van der Waals surface area contributed by atoms with Crippen LogP contribution in [0.25, 0.3) is 11.0 Å². The third kappa shape index (κ3) is 7.74. The quantitative estimate of drug-likeness (QED) is 0.305. The maximum Gasteiger partial charge on any atom is 0.336 e. The van der Waals surface area contributed by atoms with Gasteiger partial charge >= 0.3 is 5.63 Å². The lowest BCUT2D eigenvalue weighted by atomic mass is 10.00. The van der Waals surface area contributed by atoms with E-state index in [1.807, 2.05) is 19.9 Å². The first-order valence-electron chi connectivity index (χ1n) is 10.4. The summed E-state index contributed by atoms with van der Waals surface area (Å²) in [7, 11) is 1.57. The Bertz CT molecular complexity index is 1010. The molecule has 6 heteroatoms. The van der Waals surface area contributed by atoms with Crippen molar-refractivity contribution in [2.45, 2.75) is 40.0 Å². The van der Waals surface area contributed by atoms with Gasteiger partial charge in [0.25, 0.3) is 0 Å². The Labute approximate surface area is 183 Å². The fraction of sp³-hybridized carbons (Fsp3) is 0.400. The highest BCUT2D eigenvalue weighted by atomic mass is 16.5. The lowest BCUT2D eigenvalue weighted by molar-refractivity contribution is 0.330. The fourth-order valence-electron chi connectivity index (χ4n) is 3.27. The number of aliphatic hydroxyl groups is 2. The number of hydrogen-bond acceptors (Lipinski definition) is 6. The van der Waals surface area contributed by atoms with Crippen LogP contribution in [-0.2, 0) is 0 Å². The first-order chi connectivity index (χ1) is 14.9. The van der Waals surface area contributed by atoms with Crippen molar-refractivity contribution in [1.82, 2.24) is 0 Å². The summed E-state index contributed by atoms with van der Waals surface area (Å²) in [6.45, 7) is 6.01. The molecule has 1 aromatic heterocycles. The minimum absolute atomic E-state index is 0.0242. The molecule has 0 aliphatic carbocycles. The van der Waals surface area contributed by atoms with Crippen molar-refractivity contribution in [3.8, 4) is 11.5 Å². The van der Waals surface area contributed by atoms with E-state index in [0.717, 1.165) is 28.7 Å². The molecule has 2 aromatic rings. The van der Waals surface area contributed by atoms with Gasteiger partial charge in [0.15, 0.2) is 11.5 Å². The van der Waals surface area contributed by atoms with E-state index in [0.29, 0.717) is 29.9 Å². The van der Waals surface area contributed by atoms with Gasteiger partial charge in [0, 0.05) is 23.9 Å². The summed E-state index contributed by atoms with van der Waals surface area (Å²) < 4.78 is 17.0. The normalized spacial score (nSPS) is 14.1. The van der Waals surface area contributed by atoms with Crippen LogP contribution in [0.2, 0.25) is 0 Å². The summed E-state index contributed by atoms with van der Waals surface area (Å²) in [6.07, 6.45) is 7.97. The molecule has 0 bridgehead atoms. The Balaban J connectivity index is 2.35. The standard InChI is InChI=1S/C25H32O6/c1-17(10-11-26)12-19(3)13-21(7-5-6-18(2)16-27)30-24-15-22-20(14-23(24)29-4)8-9-25(28)31-22/h6,8-10,13-15,19,26-27H,5,7,11-12,16H2,1-4H3. The van der Waals surface area contributed by atoms with Crippen LogP contribution < -0.4 is 15.1 Å². The maximum atomic E-state index is 11.6. The van der Waals surface area contributed by atoms with Crippen molar-refractivity contribution in [2.75, 3.05) is 20.3 Å². The first-order valence-corrected chi connectivity index (χ1v) is 10.4. The van der Waals surface area contributed by atoms with E-state index >= 15 is 0 Å². The Morgan fingerprint density at radius 3 is 2.58 bits per heavy atom. The van der Waals surface area contributed by atoms with Crippen LogP contribution in [0.5, 0.6) is 11.5 Å². The molecule has 1 heterocycles. The molecule has 0 spiro atoms. The van der Waals surface area contributed by atoms with Crippen molar-refractivity contribution in [2.24, 2.45) is 5.92 Å². The van der Waals surface area contributed by atoms with E-state index in [1.54, 1.807) is 31.4 Å². The minimum Gasteiger partial charge on any atom is -0.493 e. The molecule has 31 heavy (non-hydrogen) atoms. The van der Waals surface area contributed by atoms with Crippen LogP contribution in [0, 0.1) is 5.92 Å². The van der Waals surface area contributed by atoms with Gasteiger partial charge in [-0.3, -0.25) is 0 Å². The van der Waals surface area contributed by atoms with E-state index < -0.39 is 5.63 Å². The highest BCUT2D eigenvalue weighted by Crippen LogP contribution is 2.34. The number of benzene rings is 1. The van der Waals surface area contributed by atoms with Crippen LogP contribution in [0.3, 0.4) is 0 Å². The third-order valence-corrected chi connectivity index (χ3v) is 4.83. The maximum absolute atomic E-state index is 11.6. The molecular weight excluding hydrogens is 396 g/mol. The van der Waals surface area contributed by atoms with Gasteiger partial charge in [0.2, 0.25) is 0 Å². The average Bonchev–Trinajstić information content (AvgIpc) is 2.72. The smallest absolute Gasteiger partial charge is 0.336 e. The summed E-state index contributed by atoms with van der Waals surface area (Å²) >= 11 is 0. The van der Waals surface area contributed by atoms with Crippen LogP contribution >= 0.6 is 0 Å². The van der Waals surface area contributed by atoms with Crippen molar-refractivity contribution >= 4 is 11.0 Å². The lowest BCUT2D eigenvalue weighted by Gasteiger charge is -2.16. The number of hydrogen-bond donors (Lipinski definition) is 2. The Hall–Kier alpha value is -2.83. The Kier molecular flexibility index (Phi) is 9.56. The predicted molar refractivity (Wildman–Crippen MR) is 122 cm³/mol. The van der Waals surface area contributed by atoms with Crippen LogP contribution in [0.15, 0.2) is 68.6 Å². The number of rotatable bonds is 11. The monoisotopic (exact) mass is 428 g/mol. The fourth-order valence-corrected chi connectivity index (χ4v) is 3.27. The molecule has 2 N–H and O–H groups in total. The zero-order chi connectivity index (χ0) is 22.8. The minimum atomic E-state index is -0.427. The SMILES string of the molecule is COc1cc2ccc(=O)oc2cc1OC(=CC(C)CC(C)=CCO)CCC=C(C)CO. The van der Waals surface area contributed by atoms with Crippen LogP contribution in [0.4, 0.5) is 0 Å². The third-order valence-electron chi connectivity index (χ3n) is 4.83. The van der Waals surface area contributed by atoms with E-state index in [9.17, 15) is 9.90 Å². The van der Waals surface area contributed by atoms with E-state index in [-0.39, 0.29) is 19.1 Å². The lowest BCUT2D eigenvalue weighted by Crippen LogP contribution is -2.03. The largest absolute Gasteiger partial charge is 0.493 e. The molecular formula is C25H32O6. The molecule has 0 fully saturated rings. The molecule has 1 aromatic carbocycles. The van der Waals surface area contributed by atoms with E-state index in [4.69, 9.17) is 19.0 Å². The molecule has 0 saturated heterocycles. The van der Waals surface area contributed by atoms with Gasteiger partial charge in [-0.2, -0.15) is 0 Å². The molecule has 1 atom stereocenters. The molecule has 0 saturated carbocycles. The average molecular weight is 429 g/mol. The summed E-state index contributed by atoms with van der Waals surface area (Å²) in [5.74, 6) is 1.94. The van der Waals surface area contributed by atoms with Crippen molar-refractivity contribution in [3.63, 3.8) is 0 Å². The molecule has 0 radical (unpaired) electrons. The number of ether oxygens (including phenoxy) is 2. The zero-order valence-corrected chi connectivity index (χ0v) is 18.7. The molecule has 0 amide bonds. The molecule has 168 valence electrons. The Morgan fingerprint density at radius 1 is 1.13 bits per heavy atom.